The van der Waals surface area contributed by atoms with Crippen molar-refractivity contribution in [2.24, 2.45) is 11.7 Å². The van der Waals surface area contributed by atoms with Gasteiger partial charge in [-0.3, -0.25) is 4.79 Å². The topological polar surface area (TPSA) is 82.8 Å². The zero-order valence-corrected chi connectivity index (χ0v) is 13.9. The summed E-state index contributed by atoms with van der Waals surface area (Å²) in [5.41, 5.74) is 6.00. The van der Waals surface area contributed by atoms with Crippen molar-refractivity contribution in [1.82, 2.24) is 5.32 Å². The fourth-order valence-electron chi connectivity index (χ4n) is 2.78. The summed E-state index contributed by atoms with van der Waals surface area (Å²) < 4.78 is 16.3. The van der Waals surface area contributed by atoms with Crippen molar-refractivity contribution >= 4 is 18.3 Å². The largest absolute Gasteiger partial charge is 0.381 e. The lowest BCUT2D eigenvalue weighted by atomic mass is 9.92. The van der Waals surface area contributed by atoms with Gasteiger partial charge in [-0.2, -0.15) is 0 Å². The molecule has 0 aromatic heterocycles. The second kappa shape index (κ2) is 11.2. The molecule has 2 atom stereocenters. The monoisotopic (exact) mass is 336 g/mol. The number of ether oxygens (including phenoxy) is 3. The molecule has 0 saturated carbocycles. The fourth-order valence-corrected chi connectivity index (χ4v) is 2.78. The van der Waals surface area contributed by atoms with Crippen molar-refractivity contribution in [3.05, 3.63) is 0 Å². The Bertz CT molecular complexity index is 308. The average Bonchev–Trinajstić information content (AvgIpc) is 3.04. The van der Waals surface area contributed by atoms with Crippen LogP contribution in [0.1, 0.15) is 32.1 Å². The maximum atomic E-state index is 11.9. The van der Waals surface area contributed by atoms with Gasteiger partial charge in [0, 0.05) is 33.0 Å². The van der Waals surface area contributed by atoms with E-state index >= 15 is 0 Å². The van der Waals surface area contributed by atoms with E-state index in [1.54, 1.807) is 0 Å². The molecule has 0 bridgehead atoms. The first-order chi connectivity index (χ1) is 10.3. The molecule has 2 fully saturated rings. The van der Waals surface area contributed by atoms with Gasteiger partial charge in [0.25, 0.3) is 0 Å². The van der Waals surface area contributed by atoms with E-state index in [9.17, 15) is 4.79 Å². The van der Waals surface area contributed by atoms with E-state index in [0.29, 0.717) is 33.0 Å². The molecule has 22 heavy (non-hydrogen) atoms. The molecule has 2 saturated heterocycles. The van der Waals surface area contributed by atoms with Crippen LogP contribution in [0.15, 0.2) is 0 Å². The molecule has 2 unspecified atom stereocenters. The van der Waals surface area contributed by atoms with Crippen molar-refractivity contribution in [2.45, 2.75) is 44.2 Å². The van der Waals surface area contributed by atoms with Crippen LogP contribution in [0.3, 0.4) is 0 Å². The lowest BCUT2D eigenvalue weighted by molar-refractivity contribution is -0.124. The van der Waals surface area contributed by atoms with E-state index in [1.807, 2.05) is 0 Å². The highest BCUT2D eigenvalue weighted by atomic mass is 35.5. The number of rotatable bonds is 8. The summed E-state index contributed by atoms with van der Waals surface area (Å²) in [4.78, 5) is 11.9. The molecule has 2 heterocycles. The maximum absolute atomic E-state index is 11.9. The fraction of sp³-hybridized carbons (Fsp3) is 0.933. The molecule has 130 valence electrons. The first kappa shape index (κ1) is 19.6. The Hall–Kier alpha value is -0.400. The van der Waals surface area contributed by atoms with E-state index in [0.717, 1.165) is 38.7 Å². The molecule has 0 spiro atoms. The zero-order valence-electron chi connectivity index (χ0n) is 13.1. The van der Waals surface area contributed by atoms with Crippen LogP contribution in [0, 0.1) is 5.92 Å². The summed E-state index contributed by atoms with van der Waals surface area (Å²) in [6.07, 6.45) is 5.05. The summed E-state index contributed by atoms with van der Waals surface area (Å²) in [6, 6.07) is -0.415. The van der Waals surface area contributed by atoms with Crippen LogP contribution in [0.5, 0.6) is 0 Å². The van der Waals surface area contributed by atoms with Crippen LogP contribution in [-0.2, 0) is 19.0 Å². The average molecular weight is 337 g/mol. The van der Waals surface area contributed by atoms with Crippen molar-refractivity contribution in [3.63, 3.8) is 0 Å². The minimum atomic E-state index is -0.415. The molecule has 0 aliphatic carbocycles. The van der Waals surface area contributed by atoms with Gasteiger partial charge < -0.3 is 25.3 Å². The smallest absolute Gasteiger partial charge is 0.237 e. The van der Waals surface area contributed by atoms with Gasteiger partial charge in [-0.05, 0) is 38.0 Å². The predicted octanol–water partition coefficient (Wildman–Crippen LogP) is 0.864. The lowest BCUT2D eigenvalue weighted by Crippen LogP contribution is -2.47. The van der Waals surface area contributed by atoms with E-state index in [4.69, 9.17) is 19.9 Å². The van der Waals surface area contributed by atoms with E-state index in [1.165, 1.54) is 0 Å². The molecule has 6 nitrogen and oxygen atoms in total. The van der Waals surface area contributed by atoms with Crippen LogP contribution in [0.2, 0.25) is 0 Å². The molecule has 2 aliphatic heterocycles. The second-order valence-electron chi connectivity index (χ2n) is 5.83. The number of nitrogens with one attached hydrogen (secondary N) is 1. The SMILES string of the molecule is Cl.NC(C(=O)NCCCOCC1CCCO1)C1CCOCC1. The summed E-state index contributed by atoms with van der Waals surface area (Å²) in [7, 11) is 0. The first-order valence-electron chi connectivity index (χ1n) is 8.08. The Kier molecular flexibility index (Phi) is 9.99. The number of halogens is 1. The van der Waals surface area contributed by atoms with Gasteiger partial charge in [0.15, 0.2) is 0 Å². The highest BCUT2D eigenvalue weighted by Crippen LogP contribution is 2.17. The standard InChI is InChI=1S/C15H28N2O4.ClH/c16-14(12-4-9-19-10-5-12)15(18)17-6-2-7-20-11-13-3-1-8-21-13;/h12-14H,1-11,16H2,(H,17,18);1H. The number of nitrogens with two attached hydrogens (primary N) is 1. The maximum Gasteiger partial charge on any atom is 0.237 e. The minimum absolute atomic E-state index is 0. The van der Waals surface area contributed by atoms with Gasteiger partial charge in [0.05, 0.1) is 18.8 Å². The second-order valence-corrected chi connectivity index (χ2v) is 5.83. The van der Waals surface area contributed by atoms with Crippen LogP contribution in [0.4, 0.5) is 0 Å². The third-order valence-electron chi connectivity index (χ3n) is 4.17. The number of amides is 1. The highest BCUT2D eigenvalue weighted by molar-refractivity contribution is 5.85. The van der Waals surface area contributed by atoms with Gasteiger partial charge in [-0.25, -0.2) is 0 Å². The summed E-state index contributed by atoms with van der Waals surface area (Å²) in [5.74, 6) is 0.190. The Morgan fingerprint density at radius 3 is 2.73 bits per heavy atom. The third kappa shape index (κ3) is 6.79. The van der Waals surface area contributed by atoms with E-state index < -0.39 is 6.04 Å². The van der Waals surface area contributed by atoms with Crippen molar-refractivity contribution < 1.29 is 19.0 Å². The number of carbonyl (C=O) groups is 1. The minimum Gasteiger partial charge on any atom is -0.381 e. The Labute approximate surface area is 138 Å². The molecule has 0 radical (unpaired) electrons. The van der Waals surface area contributed by atoms with Crippen LogP contribution < -0.4 is 11.1 Å². The predicted molar refractivity (Wildman–Crippen MR) is 86.2 cm³/mol. The third-order valence-corrected chi connectivity index (χ3v) is 4.17. The molecule has 0 aromatic carbocycles. The van der Waals surface area contributed by atoms with Crippen LogP contribution in [0.25, 0.3) is 0 Å². The van der Waals surface area contributed by atoms with Gasteiger partial charge in [-0.15, -0.1) is 12.4 Å². The number of hydrogen-bond acceptors (Lipinski definition) is 5. The Morgan fingerprint density at radius 2 is 2.05 bits per heavy atom. The van der Waals surface area contributed by atoms with E-state index in [2.05, 4.69) is 5.32 Å². The van der Waals surface area contributed by atoms with Gasteiger partial charge >= 0.3 is 0 Å². The number of hydrogen-bond donors (Lipinski definition) is 2. The van der Waals surface area contributed by atoms with Gasteiger partial charge in [-0.1, -0.05) is 0 Å². The molecule has 3 N–H and O–H groups in total. The summed E-state index contributed by atoms with van der Waals surface area (Å²) >= 11 is 0. The van der Waals surface area contributed by atoms with E-state index in [-0.39, 0.29) is 30.3 Å². The Morgan fingerprint density at radius 1 is 1.27 bits per heavy atom. The van der Waals surface area contributed by atoms with Crippen molar-refractivity contribution in [1.29, 1.82) is 0 Å². The molecule has 2 rings (SSSR count). The summed E-state index contributed by atoms with van der Waals surface area (Å²) in [6.45, 7) is 4.20. The molecule has 0 aromatic rings. The number of carbonyl (C=O) groups excluding carboxylic acids is 1. The quantitative estimate of drug-likeness (QED) is 0.642. The Balaban J connectivity index is 0.00000242. The lowest BCUT2D eigenvalue weighted by Gasteiger charge is -2.26. The highest BCUT2D eigenvalue weighted by Gasteiger charge is 2.26. The molecule has 7 heteroatoms. The van der Waals surface area contributed by atoms with Crippen molar-refractivity contribution in [2.75, 3.05) is 39.6 Å². The first-order valence-corrected chi connectivity index (χ1v) is 8.08. The van der Waals surface area contributed by atoms with Gasteiger partial charge in [0.1, 0.15) is 0 Å². The molecular weight excluding hydrogens is 308 g/mol. The van der Waals surface area contributed by atoms with Crippen LogP contribution >= 0.6 is 12.4 Å². The zero-order chi connectivity index (χ0) is 14.9. The normalized spacial score (nSPS) is 23.8. The van der Waals surface area contributed by atoms with Gasteiger partial charge in [0.2, 0.25) is 5.91 Å². The molecular formula is C15H29ClN2O4. The van der Waals surface area contributed by atoms with Crippen molar-refractivity contribution in [3.8, 4) is 0 Å². The molecule has 2 aliphatic rings. The molecule has 1 amide bonds. The van der Waals surface area contributed by atoms with Crippen LogP contribution in [-0.4, -0.2) is 57.6 Å². The summed E-state index contributed by atoms with van der Waals surface area (Å²) in [5, 5.41) is 2.89.